The number of amides is 1. The van der Waals surface area contributed by atoms with Crippen LogP contribution in [-0.2, 0) is 34.1 Å². The van der Waals surface area contributed by atoms with E-state index >= 15 is 0 Å². The van der Waals surface area contributed by atoms with E-state index in [-0.39, 0.29) is 30.2 Å². The summed E-state index contributed by atoms with van der Waals surface area (Å²) in [5.41, 5.74) is -0.0496. The first-order valence-electron chi connectivity index (χ1n) is 10.9. The lowest BCUT2D eigenvalue weighted by molar-refractivity contribution is -0.141. The molecule has 37 heavy (non-hydrogen) atoms. The second-order valence-corrected chi connectivity index (χ2v) is 10.0. The number of hydrogen-bond acceptors (Lipinski definition) is 6. The van der Waals surface area contributed by atoms with Crippen LogP contribution >= 0.6 is 0 Å². The van der Waals surface area contributed by atoms with Crippen LogP contribution in [0, 0.1) is 5.82 Å². The molecule has 0 fully saturated rings. The number of ether oxygens (including phenoxy) is 1. The molecule has 1 unspecified atom stereocenters. The highest BCUT2D eigenvalue weighted by atomic mass is 32.2. The second kappa shape index (κ2) is 11.2. The van der Waals surface area contributed by atoms with E-state index in [1.165, 1.54) is 50.6 Å². The largest absolute Gasteiger partial charge is 0.481 e. The van der Waals surface area contributed by atoms with Gasteiger partial charge in [0.15, 0.2) is 0 Å². The van der Waals surface area contributed by atoms with Crippen molar-refractivity contribution in [2.24, 2.45) is 0 Å². The Morgan fingerprint density at radius 2 is 1.78 bits per heavy atom. The number of carbonyl (C=O) groups is 1. The molecule has 198 valence electrons. The lowest BCUT2D eigenvalue weighted by Gasteiger charge is -2.16. The molecule has 8 nitrogen and oxygen atoms in total. The van der Waals surface area contributed by atoms with Crippen molar-refractivity contribution in [3.8, 4) is 17.1 Å². The number of hydrogen-bond donors (Lipinski definition) is 2. The van der Waals surface area contributed by atoms with Crippen molar-refractivity contribution in [2.45, 2.75) is 32.1 Å². The fourth-order valence-electron chi connectivity index (χ4n) is 3.35. The number of carbonyl (C=O) groups excluding carboxylic acids is 1. The predicted molar refractivity (Wildman–Crippen MR) is 127 cm³/mol. The summed E-state index contributed by atoms with van der Waals surface area (Å²) in [4.78, 5) is 20.5. The molecule has 1 aromatic carbocycles. The van der Waals surface area contributed by atoms with Crippen LogP contribution in [0.5, 0.6) is 5.88 Å². The number of alkyl halides is 3. The minimum absolute atomic E-state index is 0.00768. The third-order valence-corrected chi connectivity index (χ3v) is 6.11. The van der Waals surface area contributed by atoms with Crippen molar-refractivity contribution in [2.75, 3.05) is 13.4 Å². The molecule has 0 aliphatic rings. The SMILES string of the molecule is COc1ccc(-c2nc(C(F)(F)F)ccc2CNC(=O)C(C)c2ccc(CNS(C)(=O)=O)c(F)c2)cn1. The van der Waals surface area contributed by atoms with Crippen LogP contribution in [0.4, 0.5) is 17.6 Å². The summed E-state index contributed by atoms with van der Waals surface area (Å²) in [7, 11) is -2.11. The minimum Gasteiger partial charge on any atom is -0.481 e. The zero-order chi connectivity index (χ0) is 27.4. The maximum Gasteiger partial charge on any atom is 0.433 e. The third kappa shape index (κ3) is 7.46. The van der Waals surface area contributed by atoms with Gasteiger partial charge in [-0.05, 0) is 36.2 Å². The lowest BCUT2D eigenvalue weighted by atomic mass is 9.98. The van der Waals surface area contributed by atoms with Crippen molar-refractivity contribution in [1.29, 1.82) is 0 Å². The summed E-state index contributed by atoms with van der Waals surface area (Å²) in [5.74, 6) is -1.72. The monoisotopic (exact) mass is 540 g/mol. The summed E-state index contributed by atoms with van der Waals surface area (Å²) < 4.78 is 83.9. The molecule has 0 radical (unpaired) electrons. The summed E-state index contributed by atoms with van der Waals surface area (Å²) in [6.07, 6.45) is -2.40. The van der Waals surface area contributed by atoms with E-state index in [1.807, 2.05) is 0 Å². The molecule has 0 saturated heterocycles. The lowest BCUT2D eigenvalue weighted by Crippen LogP contribution is -2.28. The Morgan fingerprint density at radius 1 is 1.08 bits per heavy atom. The van der Waals surface area contributed by atoms with E-state index < -0.39 is 39.5 Å². The van der Waals surface area contributed by atoms with Crippen LogP contribution < -0.4 is 14.8 Å². The van der Waals surface area contributed by atoms with Crippen LogP contribution in [0.25, 0.3) is 11.3 Å². The van der Waals surface area contributed by atoms with Gasteiger partial charge in [0, 0.05) is 36.5 Å². The smallest absolute Gasteiger partial charge is 0.433 e. The number of aromatic nitrogens is 2. The van der Waals surface area contributed by atoms with Gasteiger partial charge in [0.1, 0.15) is 11.5 Å². The van der Waals surface area contributed by atoms with Crippen molar-refractivity contribution < 1.29 is 35.5 Å². The van der Waals surface area contributed by atoms with Gasteiger partial charge in [-0.25, -0.2) is 27.5 Å². The summed E-state index contributed by atoms with van der Waals surface area (Å²) >= 11 is 0. The van der Waals surface area contributed by atoms with E-state index in [2.05, 4.69) is 20.0 Å². The Bertz CT molecular complexity index is 1380. The van der Waals surface area contributed by atoms with Gasteiger partial charge in [0.2, 0.25) is 21.8 Å². The Hall–Kier alpha value is -3.58. The Labute approximate surface area is 211 Å². The third-order valence-electron chi connectivity index (χ3n) is 5.44. The maximum absolute atomic E-state index is 14.4. The molecule has 0 aliphatic heterocycles. The Morgan fingerprint density at radius 3 is 2.35 bits per heavy atom. The van der Waals surface area contributed by atoms with Crippen LogP contribution in [0.15, 0.2) is 48.7 Å². The Kier molecular flexibility index (Phi) is 8.49. The predicted octanol–water partition coefficient (Wildman–Crippen LogP) is 3.78. The molecule has 0 saturated carbocycles. The fourth-order valence-corrected chi connectivity index (χ4v) is 3.77. The molecule has 1 amide bonds. The molecule has 0 bridgehead atoms. The average molecular weight is 541 g/mol. The first-order valence-corrected chi connectivity index (χ1v) is 12.8. The van der Waals surface area contributed by atoms with Gasteiger partial charge < -0.3 is 10.1 Å². The molecule has 0 spiro atoms. The van der Waals surface area contributed by atoms with Crippen LogP contribution in [0.3, 0.4) is 0 Å². The number of pyridine rings is 2. The first-order chi connectivity index (χ1) is 17.3. The molecule has 3 rings (SSSR count). The molecule has 2 aromatic heterocycles. The number of rotatable bonds is 9. The number of nitrogens with zero attached hydrogens (tertiary/aromatic N) is 2. The van der Waals surface area contributed by atoms with Crippen LogP contribution in [-0.4, -0.2) is 37.7 Å². The molecule has 3 aromatic rings. The zero-order valence-corrected chi connectivity index (χ0v) is 20.9. The molecular weight excluding hydrogens is 516 g/mol. The van der Waals surface area contributed by atoms with Crippen molar-refractivity contribution in [1.82, 2.24) is 20.0 Å². The molecule has 2 N–H and O–H groups in total. The van der Waals surface area contributed by atoms with Gasteiger partial charge in [-0.2, -0.15) is 13.2 Å². The summed E-state index contributed by atoms with van der Waals surface area (Å²) in [5, 5.41) is 2.65. The number of sulfonamides is 1. The summed E-state index contributed by atoms with van der Waals surface area (Å²) in [6, 6.07) is 9.05. The molecular formula is C24H24F4N4O4S. The van der Waals surface area contributed by atoms with E-state index in [4.69, 9.17) is 4.74 Å². The standard InChI is InChI=1S/C24H24F4N4O4S/c1-14(15-4-5-16(19(25)10-15)13-31-37(3,34)35)23(33)30-12-17-6-8-20(24(26,27)28)32-22(17)18-7-9-21(36-2)29-11-18/h4-11,14,31H,12-13H2,1-3H3,(H,30,33). The molecule has 2 heterocycles. The van der Waals surface area contributed by atoms with Crippen LogP contribution in [0.1, 0.15) is 35.2 Å². The van der Waals surface area contributed by atoms with Crippen molar-refractivity contribution in [3.05, 3.63) is 76.9 Å². The quantitative estimate of drug-likeness (QED) is 0.400. The maximum atomic E-state index is 14.4. The van der Waals surface area contributed by atoms with Gasteiger partial charge >= 0.3 is 6.18 Å². The van der Waals surface area contributed by atoms with Crippen molar-refractivity contribution in [3.63, 3.8) is 0 Å². The highest BCUT2D eigenvalue weighted by molar-refractivity contribution is 7.88. The zero-order valence-electron chi connectivity index (χ0n) is 20.1. The average Bonchev–Trinajstić information content (AvgIpc) is 2.85. The van der Waals surface area contributed by atoms with E-state index in [9.17, 15) is 30.8 Å². The minimum atomic E-state index is -4.67. The van der Waals surface area contributed by atoms with Gasteiger partial charge in [0.25, 0.3) is 0 Å². The highest BCUT2D eigenvalue weighted by Gasteiger charge is 2.33. The van der Waals surface area contributed by atoms with E-state index in [1.54, 1.807) is 0 Å². The molecule has 0 aliphatic carbocycles. The van der Waals surface area contributed by atoms with Crippen LogP contribution in [0.2, 0.25) is 0 Å². The number of halogens is 4. The summed E-state index contributed by atoms with van der Waals surface area (Å²) in [6.45, 7) is 1.15. The number of benzene rings is 1. The van der Waals surface area contributed by atoms with Gasteiger partial charge in [-0.15, -0.1) is 0 Å². The molecule has 1 atom stereocenters. The topological polar surface area (TPSA) is 110 Å². The number of methoxy groups -OCH3 is 1. The van der Waals surface area contributed by atoms with Gasteiger partial charge in [0.05, 0.1) is 25.0 Å². The Balaban J connectivity index is 1.78. The van der Waals surface area contributed by atoms with E-state index in [0.29, 0.717) is 16.7 Å². The van der Waals surface area contributed by atoms with E-state index in [0.717, 1.165) is 18.4 Å². The van der Waals surface area contributed by atoms with Gasteiger partial charge in [-0.3, -0.25) is 4.79 Å². The highest BCUT2D eigenvalue weighted by Crippen LogP contribution is 2.31. The number of nitrogens with one attached hydrogen (secondary N) is 2. The fraction of sp³-hybridized carbons (Fsp3) is 0.292. The normalized spacial score (nSPS) is 12.7. The van der Waals surface area contributed by atoms with Crippen molar-refractivity contribution >= 4 is 15.9 Å². The first kappa shape index (κ1) is 28.0. The van der Waals surface area contributed by atoms with Gasteiger partial charge in [-0.1, -0.05) is 18.2 Å². The second-order valence-electron chi connectivity index (χ2n) is 8.17. The molecule has 13 heteroatoms.